The maximum atomic E-state index is 12.4. The van der Waals surface area contributed by atoms with Crippen LogP contribution in [0.3, 0.4) is 0 Å². The van der Waals surface area contributed by atoms with E-state index in [0.717, 1.165) is 25.3 Å². The van der Waals surface area contributed by atoms with Crippen LogP contribution in [-0.2, 0) is 6.54 Å². The Hall–Kier alpha value is -1.32. The van der Waals surface area contributed by atoms with Crippen molar-refractivity contribution in [3.63, 3.8) is 0 Å². The monoisotopic (exact) mass is 277 g/mol. The van der Waals surface area contributed by atoms with Gasteiger partial charge in [0.15, 0.2) is 5.82 Å². The lowest BCUT2D eigenvalue weighted by atomic mass is 10.0. The van der Waals surface area contributed by atoms with E-state index in [4.69, 9.17) is 0 Å². The van der Waals surface area contributed by atoms with Crippen LogP contribution in [0.5, 0.6) is 0 Å². The maximum absolute atomic E-state index is 12.4. The minimum Gasteiger partial charge on any atom is -0.363 e. The summed E-state index contributed by atoms with van der Waals surface area (Å²) in [7, 11) is 0. The molecule has 1 aromatic rings. The van der Waals surface area contributed by atoms with Crippen molar-refractivity contribution in [1.82, 2.24) is 9.55 Å². The van der Waals surface area contributed by atoms with Gasteiger partial charge in [-0.1, -0.05) is 33.6 Å². The molecule has 0 amide bonds. The van der Waals surface area contributed by atoms with Gasteiger partial charge >= 0.3 is 0 Å². The molecule has 112 valence electrons. The zero-order chi connectivity index (χ0) is 14.5. The van der Waals surface area contributed by atoms with Gasteiger partial charge in [-0.25, -0.2) is 4.98 Å². The summed E-state index contributed by atoms with van der Waals surface area (Å²) in [5.41, 5.74) is 0.0125. The second-order valence-corrected chi connectivity index (χ2v) is 6.58. The molecule has 0 radical (unpaired) electrons. The Labute approximate surface area is 121 Å². The molecule has 4 heteroatoms. The molecule has 0 saturated heterocycles. The first-order valence-corrected chi connectivity index (χ1v) is 7.88. The highest BCUT2D eigenvalue weighted by atomic mass is 16.1. The van der Waals surface area contributed by atoms with Crippen molar-refractivity contribution in [2.75, 3.05) is 5.32 Å². The van der Waals surface area contributed by atoms with Crippen LogP contribution in [-0.4, -0.2) is 15.6 Å². The van der Waals surface area contributed by atoms with E-state index in [1.54, 1.807) is 17.0 Å². The number of aromatic nitrogens is 2. The fourth-order valence-corrected chi connectivity index (χ4v) is 2.91. The Kier molecular flexibility index (Phi) is 5.21. The fourth-order valence-electron chi connectivity index (χ4n) is 2.91. The molecule has 0 spiro atoms. The molecule has 1 fully saturated rings. The smallest absolute Gasteiger partial charge is 0.293 e. The molecule has 1 saturated carbocycles. The molecule has 2 rings (SSSR count). The Balaban J connectivity index is 2.07. The molecule has 20 heavy (non-hydrogen) atoms. The van der Waals surface area contributed by atoms with Gasteiger partial charge in [0.25, 0.3) is 5.56 Å². The van der Waals surface area contributed by atoms with Gasteiger partial charge in [0.1, 0.15) is 0 Å². The van der Waals surface area contributed by atoms with Crippen LogP contribution in [0.25, 0.3) is 0 Å². The Morgan fingerprint density at radius 3 is 2.90 bits per heavy atom. The topological polar surface area (TPSA) is 46.9 Å². The highest BCUT2D eigenvalue weighted by Crippen LogP contribution is 2.23. The van der Waals surface area contributed by atoms with Crippen LogP contribution in [0.1, 0.15) is 52.9 Å². The number of rotatable bonds is 4. The Morgan fingerprint density at radius 2 is 2.15 bits per heavy atom. The van der Waals surface area contributed by atoms with Crippen LogP contribution in [0, 0.1) is 11.8 Å². The second kappa shape index (κ2) is 6.91. The lowest BCUT2D eigenvalue weighted by molar-refractivity contribution is 0.500. The van der Waals surface area contributed by atoms with Gasteiger partial charge in [0, 0.05) is 25.0 Å². The van der Waals surface area contributed by atoms with Gasteiger partial charge in [0.2, 0.25) is 0 Å². The van der Waals surface area contributed by atoms with Gasteiger partial charge < -0.3 is 9.88 Å². The lowest BCUT2D eigenvalue weighted by Crippen LogP contribution is -2.29. The van der Waals surface area contributed by atoms with Crippen molar-refractivity contribution >= 4 is 5.82 Å². The standard InChI is InChI=1S/C16H27N3O/c1-12(2)11-19-10-9-17-15(16(19)20)18-14-6-4-5-13(3)7-8-14/h9-10,12-14H,4-8,11H2,1-3H3,(H,17,18). The number of nitrogens with zero attached hydrogens (tertiary/aromatic N) is 2. The first-order chi connectivity index (χ1) is 9.56. The zero-order valence-electron chi connectivity index (χ0n) is 12.9. The predicted octanol–water partition coefficient (Wildman–Crippen LogP) is 3.28. The molecule has 1 aliphatic rings. The third-order valence-electron chi connectivity index (χ3n) is 4.07. The normalized spacial score (nSPS) is 23.6. The molecule has 0 aromatic carbocycles. The van der Waals surface area contributed by atoms with Crippen molar-refractivity contribution in [1.29, 1.82) is 0 Å². The summed E-state index contributed by atoms with van der Waals surface area (Å²) >= 11 is 0. The van der Waals surface area contributed by atoms with E-state index in [9.17, 15) is 4.79 Å². The van der Waals surface area contributed by atoms with Gasteiger partial charge in [-0.2, -0.15) is 0 Å². The van der Waals surface area contributed by atoms with Gasteiger partial charge in [-0.3, -0.25) is 4.79 Å². The second-order valence-electron chi connectivity index (χ2n) is 6.58. The highest BCUT2D eigenvalue weighted by Gasteiger charge is 2.17. The number of nitrogens with one attached hydrogen (secondary N) is 1. The molecule has 1 N–H and O–H groups in total. The molecule has 0 aliphatic heterocycles. The number of anilines is 1. The molecular formula is C16H27N3O. The first-order valence-electron chi connectivity index (χ1n) is 7.88. The van der Waals surface area contributed by atoms with Gasteiger partial charge in [-0.15, -0.1) is 0 Å². The summed E-state index contributed by atoms with van der Waals surface area (Å²) in [5, 5.41) is 3.38. The van der Waals surface area contributed by atoms with E-state index in [1.165, 1.54) is 19.3 Å². The van der Waals surface area contributed by atoms with Gasteiger partial charge in [0.05, 0.1) is 0 Å². The molecular weight excluding hydrogens is 250 g/mol. The van der Waals surface area contributed by atoms with Crippen LogP contribution in [0.4, 0.5) is 5.82 Å². The Morgan fingerprint density at radius 1 is 1.35 bits per heavy atom. The summed E-state index contributed by atoms with van der Waals surface area (Å²) in [6.45, 7) is 7.30. The van der Waals surface area contributed by atoms with Crippen molar-refractivity contribution in [2.24, 2.45) is 11.8 Å². The van der Waals surface area contributed by atoms with Crippen molar-refractivity contribution in [2.45, 2.75) is 65.5 Å². The number of hydrogen-bond acceptors (Lipinski definition) is 3. The maximum Gasteiger partial charge on any atom is 0.293 e. The van der Waals surface area contributed by atoms with E-state index in [-0.39, 0.29) is 5.56 Å². The van der Waals surface area contributed by atoms with Crippen LogP contribution in [0.15, 0.2) is 17.2 Å². The highest BCUT2D eigenvalue weighted by molar-refractivity contribution is 5.32. The van der Waals surface area contributed by atoms with E-state index in [0.29, 0.717) is 17.8 Å². The van der Waals surface area contributed by atoms with E-state index in [2.05, 4.69) is 31.1 Å². The molecule has 1 aliphatic carbocycles. The molecule has 2 atom stereocenters. The molecule has 1 heterocycles. The van der Waals surface area contributed by atoms with Crippen LogP contribution < -0.4 is 10.9 Å². The summed E-state index contributed by atoms with van der Waals surface area (Å²) in [6, 6.07) is 0.398. The average Bonchev–Trinajstić information content (AvgIpc) is 2.59. The molecule has 1 aromatic heterocycles. The molecule has 0 bridgehead atoms. The summed E-state index contributed by atoms with van der Waals surface area (Å²) < 4.78 is 1.76. The molecule has 2 unspecified atom stereocenters. The number of hydrogen-bond donors (Lipinski definition) is 1. The average molecular weight is 277 g/mol. The van der Waals surface area contributed by atoms with E-state index < -0.39 is 0 Å². The first kappa shape index (κ1) is 15.1. The lowest BCUT2D eigenvalue weighted by Gasteiger charge is -2.17. The minimum atomic E-state index is 0.0125. The predicted molar refractivity (Wildman–Crippen MR) is 83.0 cm³/mol. The van der Waals surface area contributed by atoms with Crippen molar-refractivity contribution in [3.05, 3.63) is 22.7 Å². The van der Waals surface area contributed by atoms with Crippen molar-refractivity contribution < 1.29 is 0 Å². The summed E-state index contributed by atoms with van der Waals surface area (Å²) in [6.07, 6.45) is 9.58. The van der Waals surface area contributed by atoms with Crippen molar-refractivity contribution in [3.8, 4) is 0 Å². The Bertz CT molecular complexity index is 481. The summed E-state index contributed by atoms with van der Waals surface area (Å²) in [5.74, 6) is 1.79. The molecule has 4 nitrogen and oxygen atoms in total. The van der Waals surface area contributed by atoms with Crippen LogP contribution in [0.2, 0.25) is 0 Å². The largest absolute Gasteiger partial charge is 0.363 e. The SMILES string of the molecule is CC(C)Cn1ccnc(NC2CCCC(C)CC2)c1=O. The minimum absolute atomic E-state index is 0.0125. The zero-order valence-corrected chi connectivity index (χ0v) is 12.9. The fraction of sp³-hybridized carbons (Fsp3) is 0.750. The third-order valence-corrected chi connectivity index (χ3v) is 4.07. The van der Waals surface area contributed by atoms with E-state index >= 15 is 0 Å². The van der Waals surface area contributed by atoms with E-state index in [1.807, 2.05) is 0 Å². The summed E-state index contributed by atoms with van der Waals surface area (Å²) in [4.78, 5) is 16.6. The van der Waals surface area contributed by atoms with Crippen LogP contribution >= 0.6 is 0 Å². The van der Waals surface area contributed by atoms with Gasteiger partial charge in [-0.05, 0) is 31.1 Å². The third kappa shape index (κ3) is 4.09. The quantitative estimate of drug-likeness (QED) is 0.859.